The average molecular weight is 312 g/mol. The Hall–Kier alpha value is -1.44. The standard InChI is InChI=1S/C14H20N2O4S/c1-10-7-11(9-12(8-10)21(15,18)19)13(17)16-14(2)3-5-20-6-4-14/h7-9H,3-6H2,1-2H3,(H,16,17)(H2,15,18,19). The summed E-state index contributed by atoms with van der Waals surface area (Å²) in [6.45, 7) is 4.89. The number of sulfonamides is 1. The number of benzene rings is 1. The van der Waals surface area contributed by atoms with Crippen molar-refractivity contribution in [1.82, 2.24) is 5.32 Å². The summed E-state index contributed by atoms with van der Waals surface area (Å²) in [4.78, 5) is 12.3. The molecule has 0 atom stereocenters. The second kappa shape index (κ2) is 5.75. The number of aryl methyl sites for hydroxylation is 1. The topological polar surface area (TPSA) is 98.5 Å². The highest BCUT2D eigenvalue weighted by Crippen LogP contribution is 2.21. The second-order valence-corrected chi connectivity index (χ2v) is 7.27. The Labute approximate surface area is 124 Å². The normalized spacial score (nSPS) is 18.2. The van der Waals surface area contributed by atoms with Crippen molar-refractivity contribution in [2.24, 2.45) is 5.14 Å². The van der Waals surface area contributed by atoms with E-state index in [0.717, 1.165) is 12.8 Å². The van der Waals surface area contributed by atoms with Gasteiger partial charge < -0.3 is 10.1 Å². The van der Waals surface area contributed by atoms with Crippen molar-refractivity contribution in [3.63, 3.8) is 0 Å². The molecule has 0 unspecified atom stereocenters. The number of primary sulfonamides is 1. The van der Waals surface area contributed by atoms with Gasteiger partial charge in [-0.2, -0.15) is 0 Å². The summed E-state index contributed by atoms with van der Waals surface area (Å²) in [5.74, 6) is -0.298. The van der Waals surface area contributed by atoms with Crippen molar-refractivity contribution in [2.75, 3.05) is 13.2 Å². The molecule has 0 radical (unpaired) electrons. The molecule has 0 aliphatic carbocycles. The van der Waals surface area contributed by atoms with Gasteiger partial charge in [0.05, 0.1) is 4.90 Å². The first kappa shape index (κ1) is 15.9. The molecule has 1 amide bonds. The molecule has 6 nitrogen and oxygen atoms in total. The van der Waals surface area contributed by atoms with E-state index in [1.807, 2.05) is 6.92 Å². The Morgan fingerprint density at radius 1 is 1.29 bits per heavy atom. The predicted octanol–water partition coefficient (Wildman–Crippen LogP) is 0.941. The van der Waals surface area contributed by atoms with Crippen LogP contribution in [0.1, 0.15) is 35.7 Å². The minimum absolute atomic E-state index is 0.0511. The van der Waals surface area contributed by atoms with Gasteiger partial charge in [-0.05, 0) is 50.5 Å². The number of rotatable bonds is 3. The van der Waals surface area contributed by atoms with E-state index in [4.69, 9.17) is 9.88 Å². The van der Waals surface area contributed by atoms with Crippen LogP contribution in [-0.4, -0.2) is 33.1 Å². The molecule has 21 heavy (non-hydrogen) atoms. The van der Waals surface area contributed by atoms with Crippen LogP contribution in [0.4, 0.5) is 0 Å². The monoisotopic (exact) mass is 312 g/mol. The molecule has 1 fully saturated rings. The Morgan fingerprint density at radius 2 is 1.90 bits per heavy atom. The SMILES string of the molecule is Cc1cc(C(=O)NC2(C)CCOCC2)cc(S(N)(=O)=O)c1. The lowest BCUT2D eigenvalue weighted by Gasteiger charge is -2.34. The molecule has 1 aromatic rings. The molecular weight excluding hydrogens is 292 g/mol. The van der Waals surface area contributed by atoms with Crippen molar-refractivity contribution in [3.05, 3.63) is 29.3 Å². The van der Waals surface area contributed by atoms with E-state index in [-0.39, 0.29) is 16.3 Å². The lowest BCUT2D eigenvalue weighted by Crippen LogP contribution is -2.49. The molecule has 116 valence electrons. The summed E-state index contributed by atoms with van der Waals surface area (Å²) in [6.07, 6.45) is 1.46. The Morgan fingerprint density at radius 3 is 2.48 bits per heavy atom. The number of carbonyl (C=O) groups excluding carboxylic acids is 1. The van der Waals surface area contributed by atoms with Crippen LogP contribution >= 0.6 is 0 Å². The molecule has 1 aliphatic heterocycles. The zero-order chi connectivity index (χ0) is 15.7. The maximum atomic E-state index is 12.4. The molecule has 0 saturated carbocycles. The van der Waals surface area contributed by atoms with Gasteiger partial charge >= 0.3 is 0 Å². The lowest BCUT2D eigenvalue weighted by atomic mass is 9.92. The molecule has 1 aromatic carbocycles. The summed E-state index contributed by atoms with van der Waals surface area (Å²) in [6, 6.07) is 4.40. The minimum atomic E-state index is -3.83. The highest BCUT2D eigenvalue weighted by Gasteiger charge is 2.29. The largest absolute Gasteiger partial charge is 0.381 e. The number of nitrogens with one attached hydrogen (secondary N) is 1. The fourth-order valence-electron chi connectivity index (χ4n) is 2.34. The first-order chi connectivity index (χ1) is 9.70. The highest BCUT2D eigenvalue weighted by molar-refractivity contribution is 7.89. The number of ether oxygens (including phenoxy) is 1. The third-order valence-electron chi connectivity index (χ3n) is 3.65. The fraction of sp³-hybridized carbons (Fsp3) is 0.500. The van der Waals surface area contributed by atoms with Gasteiger partial charge in [0.15, 0.2) is 0 Å². The van der Waals surface area contributed by atoms with E-state index in [9.17, 15) is 13.2 Å². The van der Waals surface area contributed by atoms with Crippen LogP contribution in [-0.2, 0) is 14.8 Å². The molecule has 1 aliphatic rings. The number of nitrogens with two attached hydrogens (primary N) is 1. The number of carbonyl (C=O) groups is 1. The van der Waals surface area contributed by atoms with Crippen LogP contribution in [0, 0.1) is 6.92 Å². The van der Waals surface area contributed by atoms with Gasteiger partial charge in [0, 0.05) is 24.3 Å². The maximum Gasteiger partial charge on any atom is 0.251 e. The molecule has 2 rings (SSSR count). The van der Waals surface area contributed by atoms with Gasteiger partial charge in [-0.15, -0.1) is 0 Å². The van der Waals surface area contributed by atoms with Gasteiger partial charge in [-0.1, -0.05) is 0 Å². The summed E-state index contributed by atoms with van der Waals surface area (Å²) in [5, 5.41) is 8.09. The van der Waals surface area contributed by atoms with Crippen LogP contribution in [0.5, 0.6) is 0 Å². The van der Waals surface area contributed by atoms with Gasteiger partial charge in [-0.25, -0.2) is 13.6 Å². The van der Waals surface area contributed by atoms with Crippen LogP contribution in [0.15, 0.2) is 23.1 Å². The van der Waals surface area contributed by atoms with Crippen molar-refractivity contribution in [2.45, 2.75) is 37.1 Å². The van der Waals surface area contributed by atoms with Crippen molar-refractivity contribution >= 4 is 15.9 Å². The first-order valence-electron chi connectivity index (χ1n) is 6.74. The van der Waals surface area contributed by atoms with Crippen LogP contribution in [0.3, 0.4) is 0 Å². The van der Waals surface area contributed by atoms with Crippen molar-refractivity contribution in [3.8, 4) is 0 Å². The maximum absolute atomic E-state index is 12.4. The van der Waals surface area contributed by atoms with E-state index in [1.165, 1.54) is 12.1 Å². The van der Waals surface area contributed by atoms with Crippen molar-refractivity contribution in [1.29, 1.82) is 0 Å². The van der Waals surface area contributed by atoms with Crippen LogP contribution in [0.2, 0.25) is 0 Å². The van der Waals surface area contributed by atoms with E-state index in [2.05, 4.69) is 5.32 Å². The van der Waals surface area contributed by atoms with Crippen LogP contribution < -0.4 is 10.5 Å². The summed E-state index contributed by atoms with van der Waals surface area (Å²) in [7, 11) is -3.83. The molecule has 7 heteroatoms. The van der Waals surface area contributed by atoms with Gasteiger partial charge in [-0.3, -0.25) is 4.79 Å². The highest BCUT2D eigenvalue weighted by atomic mass is 32.2. The molecule has 0 aromatic heterocycles. The zero-order valence-electron chi connectivity index (χ0n) is 12.2. The summed E-state index contributed by atoms with van der Waals surface area (Å²) >= 11 is 0. The zero-order valence-corrected chi connectivity index (χ0v) is 13.0. The second-order valence-electron chi connectivity index (χ2n) is 5.71. The van der Waals surface area contributed by atoms with Gasteiger partial charge in [0.1, 0.15) is 0 Å². The predicted molar refractivity (Wildman–Crippen MR) is 78.5 cm³/mol. The molecule has 0 bridgehead atoms. The molecule has 1 saturated heterocycles. The summed E-state index contributed by atoms with van der Waals surface area (Å²) < 4.78 is 28.2. The van der Waals surface area contributed by atoms with E-state index in [0.29, 0.717) is 24.3 Å². The van der Waals surface area contributed by atoms with E-state index < -0.39 is 10.0 Å². The van der Waals surface area contributed by atoms with E-state index >= 15 is 0 Å². The molecule has 3 N–H and O–H groups in total. The Kier molecular flexibility index (Phi) is 4.36. The smallest absolute Gasteiger partial charge is 0.251 e. The van der Waals surface area contributed by atoms with Crippen molar-refractivity contribution < 1.29 is 17.9 Å². The Balaban J connectivity index is 2.25. The number of hydrogen-bond donors (Lipinski definition) is 2. The molecule has 0 spiro atoms. The molecular formula is C14H20N2O4S. The third-order valence-corrected chi connectivity index (χ3v) is 4.55. The fourth-order valence-corrected chi connectivity index (χ4v) is 2.98. The van der Waals surface area contributed by atoms with Crippen LogP contribution in [0.25, 0.3) is 0 Å². The van der Waals surface area contributed by atoms with E-state index in [1.54, 1.807) is 13.0 Å². The minimum Gasteiger partial charge on any atom is -0.381 e. The van der Waals surface area contributed by atoms with Gasteiger partial charge in [0.25, 0.3) is 5.91 Å². The number of hydrogen-bond acceptors (Lipinski definition) is 4. The summed E-state index contributed by atoms with van der Waals surface area (Å²) in [5.41, 5.74) is 0.636. The van der Waals surface area contributed by atoms with Gasteiger partial charge in [0.2, 0.25) is 10.0 Å². The number of amides is 1. The third kappa shape index (κ3) is 4.03. The average Bonchev–Trinajstić information content (AvgIpc) is 2.37. The lowest BCUT2D eigenvalue weighted by molar-refractivity contribution is 0.0423. The Bertz CT molecular complexity index is 649. The molecule has 1 heterocycles. The quantitative estimate of drug-likeness (QED) is 0.867. The first-order valence-corrected chi connectivity index (χ1v) is 8.29.